The molecule has 4 rings (SSSR count). The molecular formula is C26H27F4N4O3-. The number of halogens is 4. The molecule has 2 amide bonds. The van der Waals surface area contributed by atoms with E-state index >= 15 is 0 Å². The summed E-state index contributed by atoms with van der Waals surface area (Å²) >= 11 is 0. The van der Waals surface area contributed by atoms with E-state index < -0.39 is 17.9 Å². The van der Waals surface area contributed by atoms with Gasteiger partial charge < -0.3 is 25.3 Å². The van der Waals surface area contributed by atoms with Crippen molar-refractivity contribution in [3.63, 3.8) is 0 Å². The van der Waals surface area contributed by atoms with Crippen LogP contribution >= 0.6 is 0 Å². The van der Waals surface area contributed by atoms with Gasteiger partial charge in [0, 0.05) is 45.0 Å². The largest absolute Gasteiger partial charge is 0.698 e. The van der Waals surface area contributed by atoms with Crippen LogP contribution in [0.1, 0.15) is 40.2 Å². The van der Waals surface area contributed by atoms with Crippen molar-refractivity contribution in [1.82, 2.24) is 14.8 Å². The zero-order valence-electron chi connectivity index (χ0n) is 20.2. The second-order valence-electron chi connectivity index (χ2n) is 9.03. The molecule has 2 heterocycles. The van der Waals surface area contributed by atoms with Crippen LogP contribution in [0.15, 0.2) is 42.6 Å². The molecule has 1 aliphatic rings. The third-order valence-corrected chi connectivity index (χ3v) is 6.67. The minimum atomic E-state index is -4.99. The minimum absolute atomic E-state index is 0.205. The van der Waals surface area contributed by atoms with Crippen LogP contribution in [-0.4, -0.2) is 54.3 Å². The number of fused-ring (bicyclic) bond motifs is 1. The average Bonchev–Trinajstić information content (AvgIpc) is 3.25. The Bertz CT molecular complexity index is 1300. The van der Waals surface area contributed by atoms with Crippen LogP contribution in [0.2, 0.25) is 0 Å². The van der Waals surface area contributed by atoms with Gasteiger partial charge in [0.25, 0.3) is 5.91 Å². The molecule has 1 fully saturated rings. The van der Waals surface area contributed by atoms with Gasteiger partial charge in [-0.2, -0.15) is 13.2 Å². The molecule has 0 radical (unpaired) electrons. The van der Waals surface area contributed by atoms with Gasteiger partial charge in [-0.3, -0.25) is 9.59 Å². The highest BCUT2D eigenvalue weighted by Gasteiger charge is 2.38. The summed E-state index contributed by atoms with van der Waals surface area (Å²) < 4.78 is 59.0. The Balaban J connectivity index is 1.46. The molecule has 7 nitrogen and oxygen atoms in total. The normalized spacial score (nSPS) is 14.8. The van der Waals surface area contributed by atoms with E-state index in [4.69, 9.17) is 10.5 Å². The number of carbonyl (C=O) groups excluding carboxylic acids is 2. The number of nitrogens with zero attached hydrogens (tertiary/aromatic N) is 2. The highest BCUT2D eigenvalue weighted by Crippen LogP contribution is 2.34. The van der Waals surface area contributed by atoms with Crippen molar-refractivity contribution in [2.75, 3.05) is 26.8 Å². The van der Waals surface area contributed by atoms with E-state index in [0.717, 1.165) is 5.52 Å². The summed E-state index contributed by atoms with van der Waals surface area (Å²) in [6, 6.07) is 9.27. The van der Waals surface area contributed by atoms with Crippen molar-refractivity contribution in [1.29, 1.82) is 0 Å². The fourth-order valence-electron chi connectivity index (χ4n) is 4.75. The fraction of sp³-hybridized carbons (Fsp3) is 0.385. The van der Waals surface area contributed by atoms with Crippen LogP contribution in [0, 0.1) is 5.82 Å². The lowest BCUT2D eigenvalue weighted by Crippen LogP contribution is -2.38. The Labute approximate surface area is 211 Å². The standard InChI is InChI=1S/C26H27F4N4O3/c1-37-12-11-34-15-19(23-21(31)3-2-4-22(23)34)24(35)33-9-7-17(8-10-33)18-13-16(5-6-20(18)27)14-32-25(36)26(28,29)30/h2-6,13,15,17,31H,7-12,14H2,1H3,(H,32,36)/q-1. The number of nitrogens with one attached hydrogen (secondary N) is 2. The molecule has 0 unspecified atom stereocenters. The molecule has 0 spiro atoms. The molecule has 3 aromatic rings. The van der Waals surface area contributed by atoms with E-state index in [2.05, 4.69) is 0 Å². The molecule has 0 aliphatic carbocycles. The van der Waals surface area contributed by atoms with E-state index in [9.17, 15) is 27.2 Å². The zero-order valence-corrected chi connectivity index (χ0v) is 20.2. The molecule has 198 valence electrons. The first-order chi connectivity index (χ1) is 17.6. The SMILES string of the molecule is COCCn1cc(C(=O)N2CCC(c3cc(CNC(=O)C(F)(F)F)ccc3F)CC2)c2c([NH-])cccc21. The predicted octanol–water partition coefficient (Wildman–Crippen LogP) is 5.31. The molecular weight excluding hydrogens is 492 g/mol. The maximum Gasteiger partial charge on any atom is 0.471 e. The molecule has 2 aromatic carbocycles. The molecule has 11 heteroatoms. The topological polar surface area (TPSA) is 87.4 Å². The smallest absolute Gasteiger partial charge is 0.471 e. The molecule has 37 heavy (non-hydrogen) atoms. The first kappa shape index (κ1) is 26.5. The minimum Gasteiger partial charge on any atom is -0.698 e. The monoisotopic (exact) mass is 519 g/mol. The highest BCUT2D eigenvalue weighted by atomic mass is 19.4. The number of rotatable bonds is 7. The molecule has 0 bridgehead atoms. The molecule has 1 aliphatic heterocycles. The van der Waals surface area contributed by atoms with Gasteiger partial charge in [0.1, 0.15) is 5.82 Å². The second-order valence-corrected chi connectivity index (χ2v) is 9.03. The van der Waals surface area contributed by atoms with Crippen molar-refractivity contribution < 1.29 is 31.9 Å². The number of likely N-dealkylation sites (tertiary alicyclic amines) is 1. The fourth-order valence-corrected chi connectivity index (χ4v) is 4.75. The van der Waals surface area contributed by atoms with Gasteiger partial charge in [-0.05, 0) is 47.4 Å². The van der Waals surface area contributed by atoms with E-state index in [-0.39, 0.29) is 24.1 Å². The number of aromatic nitrogens is 1. The van der Waals surface area contributed by atoms with Crippen molar-refractivity contribution in [3.05, 3.63) is 70.8 Å². The van der Waals surface area contributed by atoms with Crippen molar-refractivity contribution >= 4 is 28.4 Å². The number of alkyl halides is 3. The van der Waals surface area contributed by atoms with Crippen LogP contribution in [0.3, 0.4) is 0 Å². The average molecular weight is 520 g/mol. The lowest BCUT2D eigenvalue weighted by Gasteiger charge is -2.32. The van der Waals surface area contributed by atoms with Gasteiger partial charge in [0.15, 0.2) is 0 Å². The van der Waals surface area contributed by atoms with Crippen LogP contribution in [0.4, 0.5) is 23.2 Å². The van der Waals surface area contributed by atoms with Crippen LogP contribution in [0.25, 0.3) is 16.6 Å². The Morgan fingerprint density at radius 1 is 1.16 bits per heavy atom. The maximum atomic E-state index is 14.6. The third-order valence-electron chi connectivity index (χ3n) is 6.67. The van der Waals surface area contributed by atoms with Gasteiger partial charge >= 0.3 is 12.1 Å². The molecule has 1 aromatic heterocycles. The maximum absolute atomic E-state index is 14.6. The number of methoxy groups -OCH3 is 1. The van der Waals surface area contributed by atoms with Gasteiger partial charge in [-0.25, -0.2) is 4.39 Å². The van der Waals surface area contributed by atoms with Crippen LogP contribution in [-0.2, 0) is 22.6 Å². The summed E-state index contributed by atoms with van der Waals surface area (Å²) in [5.41, 5.74) is 10.5. The first-order valence-electron chi connectivity index (χ1n) is 11.8. The summed E-state index contributed by atoms with van der Waals surface area (Å²) in [5, 5.41) is 2.37. The Morgan fingerprint density at radius 3 is 2.57 bits per heavy atom. The van der Waals surface area contributed by atoms with Crippen LogP contribution < -0.4 is 5.32 Å². The molecule has 1 saturated heterocycles. The zero-order chi connectivity index (χ0) is 26.7. The Kier molecular flexibility index (Phi) is 7.72. The van der Waals surface area contributed by atoms with Crippen molar-refractivity contribution in [2.24, 2.45) is 0 Å². The molecule has 0 atom stereocenters. The molecule has 0 saturated carbocycles. The number of hydrogen-bond acceptors (Lipinski definition) is 3. The van der Waals surface area contributed by atoms with Crippen molar-refractivity contribution in [2.45, 2.75) is 38.0 Å². The molecule has 2 N–H and O–H groups in total. The van der Waals surface area contributed by atoms with Gasteiger partial charge in [0.2, 0.25) is 0 Å². The van der Waals surface area contributed by atoms with Gasteiger partial charge in [-0.1, -0.05) is 24.3 Å². The number of ether oxygens (including phenoxy) is 1. The van der Waals surface area contributed by atoms with E-state index in [1.165, 1.54) is 18.2 Å². The third kappa shape index (κ3) is 5.71. The quantitative estimate of drug-likeness (QED) is 0.429. The summed E-state index contributed by atoms with van der Waals surface area (Å²) in [6.07, 6.45) is -2.30. The second kappa shape index (κ2) is 10.8. The number of amides is 2. The summed E-state index contributed by atoms with van der Waals surface area (Å²) in [5.74, 6) is -2.96. The number of piperidine rings is 1. The predicted molar refractivity (Wildman–Crippen MR) is 130 cm³/mol. The summed E-state index contributed by atoms with van der Waals surface area (Å²) in [4.78, 5) is 26.2. The lowest BCUT2D eigenvalue weighted by molar-refractivity contribution is -0.173. The first-order valence-corrected chi connectivity index (χ1v) is 11.8. The Hall–Kier alpha value is -3.60. The summed E-state index contributed by atoms with van der Waals surface area (Å²) in [6.45, 7) is 1.34. The van der Waals surface area contributed by atoms with Gasteiger partial charge in [0.05, 0.1) is 12.2 Å². The number of carbonyl (C=O) groups is 2. The number of hydrogen-bond donors (Lipinski definition) is 1. The highest BCUT2D eigenvalue weighted by molar-refractivity contribution is 6.11. The Morgan fingerprint density at radius 2 is 1.89 bits per heavy atom. The van der Waals surface area contributed by atoms with E-state index in [0.29, 0.717) is 61.2 Å². The summed E-state index contributed by atoms with van der Waals surface area (Å²) in [7, 11) is 1.59. The van der Waals surface area contributed by atoms with Crippen LogP contribution in [0.5, 0.6) is 0 Å². The van der Waals surface area contributed by atoms with Gasteiger partial charge in [-0.15, -0.1) is 5.69 Å². The van der Waals surface area contributed by atoms with Crippen molar-refractivity contribution in [3.8, 4) is 0 Å². The number of benzene rings is 2. The lowest BCUT2D eigenvalue weighted by atomic mass is 9.88. The van der Waals surface area contributed by atoms with E-state index in [1.807, 2.05) is 10.6 Å². The van der Waals surface area contributed by atoms with E-state index in [1.54, 1.807) is 35.7 Å².